The number of carbonyl (C=O) groups is 1. The molecule has 7 nitrogen and oxygen atoms in total. The lowest BCUT2D eigenvalue weighted by Gasteiger charge is -2.18. The fraction of sp³-hybridized carbons (Fsp3) is 0.250. The molecule has 27 heavy (non-hydrogen) atoms. The van der Waals surface area contributed by atoms with Gasteiger partial charge in [0.05, 0.1) is 11.9 Å². The third kappa shape index (κ3) is 3.76. The van der Waals surface area contributed by atoms with Gasteiger partial charge >= 0.3 is 0 Å². The lowest BCUT2D eigenvalue weighted by atomic mass is 10.0. The molecule has 0 bridgehead atoms. The van der Waals surface area contributed by atoms with E-state index in [1.807, 2.05) is 32.0 Å². The van der Waals surface area contributed by atoms with E-state index in [-0.39, 0.29) is 18.1 Å². The fourth-order valence-electron chi connectivity index (χ4n) is 3.05. The Labute approximate surface area is 157 Å². The number of anilines is 1. The van der Waals surface area contributed by atoms with Gasteiger partial charge in [0.2, 0.25) is 0 Å². The summed E-state index contributed by atoms with van der Waals surface area (Å²) in [6, 6.07) is 9.33. The molecule has 1 N–H and O–H groups in total. The van der Waals surface area contributed by atoms with Crippen LogP contribution in [0.15, 0.2) is 55.2 Å². The first kappa shape index (κ1) is 17.1. The molecule has 1 aromatic carbocycles. The van der Waals surface area contributed by atoms with Crippen molar-refractivity contribution in [2.24, 2.45) is 0 Å². The van der Waals surface area contributed by atoms with E-state index < -0.39 is 0 Å². The standard InChI is InChI=1S/C20H20N4O3/c1-20(2)10-14-4-3-5-16(19(14)27-20)26-12-18(25)23-15-6-7-17(22-11-15)24-9-8-21-13-24/h3-9,11,13H,10,12H2,1-2H3,(H,23,25). The molecule has 4 rings (SSSR count). The van der Waals surface area contributed by atoms with Gasteiger partial charge in [-0.05, 0) is 32.0 Å². The van der Waals surface area contributed by atoms with Crippen LogP contribution in [0.1, 0.15) is 19.4 Å². The maximum absolute atomic E-state index is 12.2. The minimum Gasteiger partial charge on any atom is -0.483 e. The molecule has 0 aliphatic carbocycles. The minimum atomic E-state index is -0.262. The molecule has 7 heteroatoms. The highest BCUT2D eigenvalue weighted by Gasteiger charge is 2.32. The van der Waals surface area contributed by atoms with Gasteiger partial charge in [-0.25, -0.2) is 9.97 Å². The normalized spacial score (nSPS) is 14.3. The third-order valence-corrected chi connectivity index (χ3v) is 4.21. The minimum absolute atomic E-state index is 0.108. The first-order valence-electron chi connectivity index (χ1n) is 8.68. The van der Waals surface area contributed by atoms with Crippen molar-refractivity contribution in [3.63, 3.8) is 0 Å². The zero-order valence-corrected chi connectivity index (χ0v) is 15.2. The van der Waals surface area contributed by atoms with Gasteiger partial charge in [0.1, 0.15) is 17.7 Å². The number of para-hydroxylation sites is 1. The van der Waals surface area contributed by atoms with Crippen LogP contribution < -0.4 is 14.8 Å². The van der Waals surface area contributed by atoms with Gasteiger partial charge in [-0.15, -0.1) is 0 Å². The molecule has 3 heterocycles. The van der Waals surface area contributed by atoms with Gasteiger partial charge in [-0.2, -0.15) is 0 Å². The number of rotatable bonds is 5. The van der Waals surface area contributed by atoms with Crippen LogP contribution in [0.2, 0.25) is 0 Å². The summed E-state index contributed by atoms with van der Waals surface area (Å²) in [6.07, 6.45) is 7.56. The number of fused-ring (bicyclic) bond motifs is 1. The van der Waals surface area contributed by atoms with Crippen molar-refractivity contribution in [2.45, 2.75) is 25.9 Å². The van der Waals surface area contributed by atoms with Crippen LogP contribution in [0.4, 0.5) is 5.69 Å². The number of benzene rings is 1. The molecule has 1 aliphatic rings. The van der Waals surface area contributed by atoms with E-state index in [0.29, 0.717) is 11.4 Å². The van der Waals surface area contributed by atoms with E-state index in [0.717, 1.165) is 23.6 Å². The predicted octanol–water partition coefficient (Wildman–Crippen LogP) is 3.00. The van der Waals surface area contributed by atoms with Gasteiger partial charge in [0.25, 0.3) is 5.91 Å². The van der Waals surface area contributed by atoms with Gasteiger partial charge in [0, 0.05) is 24.4 Å². The number of carbonyl (C=O) groups excluding carboxylic acids is 1. The number of aromatic nitrogens is 3. The van der Waals surface area contributed by atoms with Crippen molar-refractivity contribution >= 4 is 11.6 Å². The van der Waals surface area contributed by atoms with Gasteiger partial charge in [-0.3, -0.25) is 9.36 Å². The molecular weight excluding hydrogens is 344 g/mol. The second-order valence-electron chi connectivity index (χ2n) is 6.99. The average Bonchev–Trinajstić information content (AvgIpc) is 3.27. The first-order chi connectivity index (χ1) is 13.0. The lowest BCUT2D eigenvalue weighted by molar-refractivity contribution is -0.118. The van der Waals surface area contributed by atoms with Crippen LogP contribution >= 0.6 is 0 Å². The molecule has 0 fully saturated rings. The number of amides is 1. The predicted molar refractivity (Wildman–Crippen MR) is 100 cm³/mol. The highest BCUT2D eigenvalue weighted by Crippen LogP contribution is 2.41. The number of nitrogens with zero attached hydrogens (tertiary/aromatic N) is 3. The molecule has 0 radical (unpaired) electrons. The Kier molecular flexibility index (Phi) is 4.27. The van der Waals surface area contributed by atoms with E-state index in [2.05, 4.69) is 15.3 Å². The van der Waals surface area contributed by atoms with Crippen molar-refractivity contribution < 1.29 is 14.3 Å². The quantitative estimate of drug-likeness (QED) is 0.753. The first-order valence-corrected chi connectivity index (χ1v) is 8.68. The summed E-state index contributed by atoms with van der Waals surface area (Å²) in [6.45, 7) is 3.96. The number of imidazole rings is 1. The molecular formula is C20H20N4O3. The Bertz CT molecular complexity index is 950. The molecule has 0 spiro atoms. The van der Waals surface area contributed by atoms with E-state index in [1.54, 1.807) is 41.6 Å². The van der Waals surface area contributed by atoms with Crippen molar-refractivity contribution in [1.82, 2.24) is 14.5 Å². The van der Waals surface area contributed by atoms with E-state index in [9.17, 15) is 4.79 Å². The zero-order chi connectivity index (χ0) is 18.9. The molecule has 0 atom stereocenters. The monoisotopic (exact) mass is 364 g/mol. The maximum atomic E-state index is 12.2. The number of hydrogen-bond acceptors (Lipinski definition) is 5. The molecule has 138 valence electrons. The van der Waals surface area contributed by atoms with E-state index >= 15 is 0 Å². The fourth-order valence-corrected chi connectivity index (χ4v) is 3.05. The number of pyridine rings is 1. The van der Waals surface area contributed by atoms with Crippen LogP contribution in [-0.2, 0) is 11.2 Å². The Balaban J connectivity index is 1.36. The van der Waals surface area contributed by atoms with Crippen LogP contribution in [0, 0.1) is 0 Å². The van der Waals surface area contributed by atoms with E-state index in [1.165, 1.54) is 0 Å². The van der Waals surface area contributed by atoms with E-state index in [4.69, 9.17) is 9.47 Å². The SMILES string of the molecule is CC1(C)Cc2cccc(OCC(=O)Nc3ccc(-n4ccnc4)nc3)c2O1. The molecule has 1 aliphatic heterocycles. The van der Waals surface area contributed by atoms with Crippen molar-refractivity contribution in [3.05, 3.63) is 60.8 Å². The second-order valence-corrected chi connectivity index (χ2v) is 6.99. The highest BCUT2D eigenvalue weighted by atomic mass is 16.5. The molecule has 2 aromatic heterocycles. The summed E-state index contributed by atoms with van der Waals surface area (Å²) >= 11 is 0. The molecule has 0 saturated heterocycles. The smallest absolute Gasteiger partial charge is 0.262 e. The Morgan fingerprint density at radius 1 is 1.33 bits per heavy atom. The van der Waals surface area contributed by atoms with Gasteiger partial charge in [-0.1, -0.05) is 12.1 Å². The number of ether oxygens (including phenoxy) is 2. The Hall–Kier alpha value is -3.35. The molecule has 3 aromatic rings. The summed E-state index contributed by atoms with van der Waals surface area (Å²) in [5.74, 6) is 1.77. The second kappa shape index (κ2) is 6.75. The average molecular weight is 364 g/mol. The number of hydrogen-bond donors (Lipinski definition) is 1. The topological polar surface area (TPSA) is 78.3 Å². The molecule has 1 amide bonds. The molecule has 0 unspecified atom stereocenters. The largest absolute Gasteiger partial charge is 0.483 e. The van der Waals surface area contributed by atoms with Crippen LogP contribution in [0.25, 0.3) is 5.82 Å². The zero-order valence-electron chi connectivity index (χ0n) is 15.2. The summed E-state index contributed by atoms with van der Waals surface area (Å²) < 4.78 is 13.4. The van der Waals surface area contributed by atoms with Crippen molar-refractivity contribution in [1.29, 1.82) is 0 Å². The lowest BCUT2D eigenvalue weighted by Crippen LogP contribution is -2.25. The summed E-state index contributed by atoms with van der Waals surface area (Å²) in [7, 11) is 0. The Morgan fingerprint density at radius 3 is 2.96 bits per heavy atom. The van der Waals surface area contributed by atoms with Gasteiger partial charge in [0.15, 0.2) is 18.1 Å². The molecule has 0 saturated carbocycles. The summed E-state index contributed by atoms with van der Waals surface area (Å²) in [4.78, 5) is 20.5. The van der Waals surface area contributed by atoms with Crippen molar-refractivity contribution in [2.75, 3.05) is 11.9 Å². The summed E-state index contributed by atoms with van der Waals surface area (Å²) in [5, 5.41) is 2.78. The Morgan fingerprint density at radius 2 is 2.22 bits per heavy atom. The highest BCUT2D eigenvalue weighted by molar-refractivity contribution is 5.91. The van der Waals surface area contributed by atoms with Crippen molar-refractivity contribution in [3.8, 4) is 17.3 Å². The number of nitrogens with one attached hydrogen (secondary N) is 1. The van der Waals surface area contributed by atoms with Crippen LogP contribution in [-0.4, -0.2) is 32.7 Å². The maximum Gasteiger partial charge on any atom is 0.262 e. The summed E-state index contributed by atoms with van der Waals surface area (Å²) in [5.41, 5.74) is 1.44. The van der Waals surface area contributed by atoms with Gasteiger partial charge < -0.3 is 14.8 Å². The third-order valence-electron chi connectivity index (χ3n) is 4.21. The van der Waals surface area contributed by atoms with Crippen LogP contribution in [0.5, 0.6) is 11.5 Å². The van der Waals surface area contributed by atoms with Crippen LogP contribution in [0.3, 0.4) is 0 Å².